The van der Waals surface area contributed by atoms with Gasteiger partial charge in [0.2, 0.25) is 5.92 Å². The topological polar surface area (TPSA) is 70.1 Å². The number of nitrogens with one attached hydrogen (secondary N) is 2. The third-order valence-corrected chi connectivity index (χ3v) is 5.82. The number of aromatic nitrogens is 2. The number of hydrogen-bond acceptors (Lipinski definition) is 5. The first-order valence-corrected chi connectivity index (χ1v) is 8.75. The van der Waals surface area contributed by atoms with Crippen LogP contribution in [0.4, 0.5) is 20.4 Å². The van der Waals surface area contributed by atoms with Crippen molar-refractivity contribution >= 4 is 11.6 Å². The van der Waals surface area contributed by atoms with Crippen molar-refractivity contribution in [2.24, 2.45) is 10.8 Å². The maximum Gasteiger partial charge on any atom is 0.249 e. The molecule has 0 saturated heterocycles. The van der Waals surface area contributed by atoms with Crippen molar-refractivity contribution in [2.45, 2.75) is 50.9 Å². The first-order valence-electron chi connectivity index (χ1n) is 8.75. The highest BCUT2D eigenvalue weighted by Gasteiger charge is 2.66. The molecular weight excluding hydrogens is 314 g/mol. The molecular formula is C17H24F2N4O. The normalized spacial score (nSPS) is 25.6. The highest BCUT2D eigenvalue weighted by molar-refractivity contribution is 5.58. The van der Waals surface area contributed by atoms with Gasteiger partial charge in [-0.2, -0.15) is 0 Å². The average Bonchev–Trinajstić information content (AvgIpc) is 2.74. The van der Waals surface area contributed by atoms with Gasteiger partial charge in [-0.25, -0.2) is 18.7 Å². The van der Waals surface area contributed by atoms with Crippen LogP contribution in [0, 0.1) is 10.8 Å². The van der Waals surface area contributed by atoms with E-state index in [-0.39, 0.29) is 30.3 Å². The standard InChI is InChI=1S/C17H24F2N4O/c18-17(19)7-15(8-17)5-16(6-15,10-24)9-21-14-12-3-1-2-4-20-13(12)22-11-23-14/h11,24H,1-10H2,(H2,20,21,22,23). The summed E-state index contributed by atoms with van der Waals surface area (Å²) < 4.78 is 26.4. The van der Waals surface area contributed by atoms with Gasteiger partial charge < -0.3 is 15.7 Å². The van der Waals surface area contributed by atoms with Gasteiger partial charge in [-0.1, -0.05) is 0 Å². The summed E-state index contributed by atoms with van der Waals surface area (Å²) in [6.07, 6.45) is 5.96. The SMILES string of the molecule is OCC1(CNc2ncnc3c2CCCCN3)CC2(CC(F)(F)C2)C1. The molecule has 1 aromatic heterocycles. The molecule has 132 valence electrons. The van der Waals surface area contributed by atoms with Gasteiger partial charge in [-0.05, 0) is 37.5 Å². The zero-order valence-electron chi connectivity index (χ0n) is 13.7. The second-order valence-electron chi connectivity index (χ2n) is 8.01. The minimum absolute atomic E-state index is 0.0193. The highest BCUT2D eigenvalue weighted by atomic mass is 19.3. The van der Waals surface area contributed by atoms with Crippen molar-refractivity contribution in [1.29, 1.82) is 0 Å². The summed E-state index contributed by atoms with van der Waals surface area (Å²) in [6, 6.07) is 0. The quantitative estimate of drug-likeness (QED) is 0.787. The summed E-state index contributed by atoms with van der Waals surface area (Å²) in [5, 5.41) is 16.5. The van der Waals surface area contributed by atoms with E-state index < -0.39 is 5.92 Å². The summed E-state index contributed by atoms with van der Waals surface area (Å²) >= 11 is 0. The van der Waals surface area contributed by atoms with E-state index in [1.165, 1.54) is 0 Å². The maximum atomic E-state index is 13.2. The molecule has 0 radical (unpaired) electrons. The molecule has 1 aromatic rings. The van der Waals surface area contributed by atoms with Crippen molar-refractivity contribution in [2.75, 3.05) is 30.3 Å². The molecule has 2 saturated carbocycles. The second kappa shape index (κ2) is 5.51. The van der Waals surface area contributed by atoms with Gasteiger partial charge in [0.25, 0.3) is 0 Å². The number of rotatable bonds is 4. The van der Waals surface area contributed by atoms with Crippen LogP contribution in [-0.2, 0) is 6.42 Å². The van der Waals surface area contributed by atoms with Crippen LogP contribution in [0.1, 0.15) is 44.1 Å². The molecule has 24 heavy (non-hydrogen) atoms. The zero-order valence-corrected chi connectivity index (χ0v) is 13.7. The Morgan fingerprint density at radius 3 is 2.67 bits per heavy atom. The summed E-state index contributed by atoms with van der Waals surface area (Å²) in [4.78, 5) is 8.66. The molecule has 0 atom stereocenters. The Morgan fingerprint density at radius 2 is 1.96 bits per heavy atom. The van der Waals surface area contributed by atoms with Crippen LogP contribution < -0.4 is 10.6 Å². The van der Waals surface area contributed by atoms with Crippen LogP contribution in [0.15, 0.2) is 6.33 Å². The molecule has 0 bridgehead atoms. The fourth-order valence-corrected chi connectivity index (χ4v) is 4.99. The molecule has 0 unspecified atom stereocenters. The summed E-state index contributed by atoms with van der Waals surface area (Å²) in [5.41, 5.74) is 0.553. The van der Waals surface area contributed by atoms with E-state index in [1.807, 2.05) is 0 Å². The largest absolute Gasteiger partial charge is 0.396 e. The molecule has 4 rings (SSSR count). The average molecular weight is 338 g/mol. The van der Waals surface area contributed by atoms with Gasteiger partial charge in [0.15, 0.2) is 0 Å². The Morgan fingerprint density at radius 1 is 1.17 bits per heavy atom. The molecule has 1 aliphatic heterocycles. The van der Waals surface area contributed by atoms with Gasteiger partial charge in [0.05, 0.1) is 6.61 Å². The van der Waals surface area contributed by atoms with Crippen LogP contribution >= 0.6 is 0 Å². The monoisotopic (exact) mass is 338 g/mol. The fourth-order valence-electron chi connectivity index (χ4n) is 4.99. The number of anilines is 2. The van der Waals surface area contributed by atoms with Crippen LogP contribution in [0.3, 0.4) is 0 Å². The summed E-state index contributed by atoms with van der Waals surface area (Å²) in [7, 11) is 0. The van der Waals surface area contributed by atoms with Crippen molar-refractivity contribution < 1.29 is 13.9 Å². The van der Waals surface area contributed by atoms with E-state index in [2.05, 4.69) is 20.6 Å². The van der Waals surface area contributed by atoms with Crippen LogP contribution in [0.25, 0.3) is 0 Å². The molecule has 0 aromatic carbocycles. The van der Waals surface area contributed by atoms with E-state index in [4.69, 9.17) is 0 Å². The van der Waals surface area contributed by atoms with Crippen LogP contribution in [-0.4, -0.2) is 40.7 Å². The molecule has 1 spiro atoms. The first kappa shape index (κ1) is 16.0. The Labute approximate surface area is 140 Å². The minimum atomic E-state index is -2.50. The molecule has 5 nitrogen and oxygen atoms in total. The minimum Gasteiger partial charge on any atom is -0.396 e. The lowest BCUT2D eigenvalue weighted by atomic mass is 9.44. The van der Waals surface area contributed by atoms with E-state index in [9.17, 15) is 13.9 Å². The third-order valence-electron chi connectivity index (χ3n) is 5.82. The van der Waals surface area contributed by atoms with E-state index >= 15 is 0 Å². The lowest BCUT2D eigenvalue weighted by Gasteiger charge is -2.62. The first-order chi connectivity index (χ1) is 11.5. The van der Waals surface area contributed by atoms with E-state index in [1.54, 1.807) is 6.33 Å². The van der Waals surface area contributed by atoms with Crippen LogP contribution in [0.5, 0.6) is 0 Å². The Bertz CT molecular complexity index is 621. The fraction of sp³-hybridized carbons (Fsp3) is 0.765. The number of nitrogens with zero attached hydrogens (tertiary/aromatic N) is 2. The van der Waals surface area contributed by atoms with Gasteiger partial charge in [0.1, 0.15) is 18.0 Å². The van der Waals surface area contributed by atoms with Gasteiger partial charge in [-0.15, -0.1) is 0 Å². The number of alkyl halides is 2. The predicted molar refractivity (Wildman–Crippen MR) is 87.3 cm³/mol. The molecule has 3 aliphatic rings. The third kappa shape index (κ3) is 2.72. The lowest BCUT2D eigenvalue weighted by Crippen LogP contribution is -2.61. The zero-order chi connectivity index (χ0) is 16.8. The smallest absolute Gasteiger partial charge is 0.249 e. The molecule has 0 amide bonds. The summed E-state index contributed by atoms with van der Waals surface area (Å²) in [6.45, 7) is 1.51. The Balaban J connectivity index is 1.42. The number of hydrogen-bond donors (Lipinski definition) is 3. The molecule has 2 fully saturated rings. The molecule has 2 aliphatic carbocycles. The van der Waals surface area contributed by atoms with Gasteiger partial charge >= 0.3 is 0 Å². The van der Waals surface area contributed by atoms with Crippen molar-refractivity contribution in [3.8, 4) is 0 Å². The van der Waals surface area contributed by atoms with Crippen molar-refractivity contribution in [1.82, 2.24) is 9.97 Å². The maximum absolute atomic E-state index is 13.2. The molecule has 7 heteroatoms. The van der Waals surface area contributed by atoms with Gasteiger partial charge in [0, 0.05) is 36.9 Å². The lowest BCUT2D eigenvalue weighted by molar-refractivity contribution is -0.234. The number of halogens is 2. The molecule has 3 N–H and O–H groups in total. The highest BCUT2D eigenvalue weighted by Crippen LogP contribution is 2.68. The number of aliphatic hydroxyl groups excluding tert-OH is 1. The Hall–Kier alpha value is -1.50. The van der Waals surface area contributed by atoms with E-state index in [0.717, 1.165) is 43.0 Å². The number of fused-ring (bicyclic) bond motifs is 1. The molecule has 2 heterocycles. The van der Waals surface area contributed by atoms with Crippen molar-refractivity contribution in [3.05, 3.63) is 11.9 Å². The predicted octanol–water partition coefficient (Wildman–Crippen LogP) is 2.82. The van der Waals surface area contributed by atoms with E-state index in [0.29, 0.717) is 19.4 Å². The second-order valence-corrected chi connectivity index (χ2v) is 8.01. The summed E-state index contributed by atoms with van der Waals surface area (Å²) in [5.74, 6) is -0.807. The number of aliphatic hydroxyl groups is 1. The Kier molecular flexibility index (Phi) is 3.67. The van der Waals surface area contributed by atoms with Crippen molar-refractivity contribution in [3.63, 3.8) is 0 Å². The van der Waals surface area contributed by atoms with Gasteiger partial charge in [-0.3, -0.25) is 0 Å². The van der Waals surface area contributed by atoms with Crippen LogP contribution in [0.2, 0.25) is 0 Å².